The maximum Gasteiger partial charge on any atom is 0.524 e. The number of rotatable bonds is 5. The van der Waals surface area contributed by atoms with Gasteiger partial charge in [0.25, 0.3) is 0 Å². The van der Waals surface area contributed by atoms with Crippen molar-refractivity contribution in [2.75, 3.05) is 0 Å². The number of allylic oxidation sites excluding steroid dienone is 1. The van der Waals surface area contributed by atoms with Gasteiger partial charge in [-0.25, -0.2) is 4.57 Å². The summed E-state index contributed by atoms with van der Waals surface area (Å²) in [5.74, 6) is -0.344. The molecule has 0 fully saturated rings. The van der Waals surface area contributed by atoms with E-state index in [1.54, 1.807) is 18.2 Å². The van der Waals surface area contributed by atoms with Crippen molar-refractivity contribution in [1.29, 1.82) is 0 Å². The van der Waals surface area contributed by atoms with Crippen LogP contribution in [0.5, 0.6) is 0 Å². The third kappa shape index (κ3) is 3.45. The molecule has 0 saturated heterocycles. The molecule has 1 aliphatic rings. The summed E-state index contributed by atoms with van der Waals surface area (Å²) in [7, 11) is -4.93. The summed E-state index contributed by atoms with van der Waals surface area (Å²) in [6.07, 6.45) is 0.795. The number of hydrogen-bond donors (Lipinski definition) is 2. The van der Waals surface area contributed by atoms with E-state index in [-0.39, 0.29) is 11.3 Å². The first kappa shape index (κ1) is 16.8. The second-order valence-electron chi connectivity index (χ2n) is 4.69. The summed E-state index contributed by atoms with van der Waals surface area (Å²) in [6.45, 7) is 0. The van der Waals surface area contributed by atoms with Crippen molar-refractivity contribution >= 4 is 13.4 Å². The maximum absolute atomic E-state index is 11.2. The first-order valence-electron chi connectivity index (χ1n) is 6.18. The minimum absolute atomic E-state index is 0.0372. The number of benzene rings is 1. The van der Waals surface area contributed by atoms with E-state index >= 15 is 0 Å². The molecule has 0 unspecified atom stereocenters. The Morgan fingerprint density at radius 1 is 1.13 bits per heavy atom. The molecule has 23 heavy (non-hydrogen) atoms. The van der Waals surface area contributed by atoms with Crippen molar-refractivity contribution in [1.82, 2.24) is 0 Å². The van der Waals surface area contributed by atoms with Crippen molar-refractivity contribution < 1.29 is 28.7 Å². The van der Waals surface area contributed by atoms with Gasteiger partial charge in [-0.1, -0.05) is 30.3 Å². The Kier molecular flexibility index (Phi) is 4.33. The molecule has 0 aromatic heterocycles. The van der Waals surface area contributed by atoms with Crippen LogP contribution in [-0.4, -0.2) is 25.3 Å². The summed E-state index contributed by atoms with van der Waals surface area (Å²) >= 11 is 0. The van der Waals surface area contributed by atoms with Crippen molar-refractivity contribution in [3.05, 3.63) is 74.0 Å². The molecule has 0 radical (unpaired) electrons. The second kappa shape index (κ2) is 5.92. The monoisotopic (exact) mass is 342 g/mol. The Balaban J connectivity index is 2.59. The molecule has 0 bridgehead atoms. The minimum Gasteiger partial charge on any atom is -0.404 e. The van der Waals surface area contributed by atoms with Crippen LogP contribution in [0.3, 0.4) is 0 Å². The lowest BCUT2D eigenvalue weighted by Gasteiger charge is -2.22. The smallest absolute Gasteiger partial charge is 0.404 e. The van der Waals surface area contributed by atoms with Gasteiger partial charge in [0.05, 0.1) is 6.08 Å². The van der Waals surface area contributed by atoms with E-state index in [0.29, 0.717) is 11.6 Å². The predicted octanol–water partition coefficient (Wildman–Crippen LogP) is 1.72. The molecule has 2 rings (SSSR count). The second-order valence-corrected chi connectivity index (χ2v) is 5.86. The zero-order valence-corrected chi connectivity index (χ0v) is 12.3. The van der Waals surface area contributed by atoms with Gasteiger partial charge >= 0.3 is 13.5 Å². The highest BCUT2D eigenvalue weighted by Gasteiger charge is 2.56. The third-order valence-corrected chi connectivity index (χ3v) is 3.64. The highest BCUT2D eigenvalue weighted by atomic mass is 31.2. The van der Waals surface area contributed by atoms with E-state index < -0.39 is 29.8 Å². The number of phosphoric ester groups is 1. The average Bonchev–Trinajstić information content (AvgIpc) is 2.46. The number of hydrogen-bond acceptors (Lipinski definition) is 6. The lowest BCUT2D eigenvalue weighted by molar-refractivity contribution is -0.779. The van der Waals surface area contributed by atoms with Gasteiger partial charge in [0.1, 0.15) is 22.0 Å². The molecular weight excluding hydrogens is 331 g/mol. The number of phosphoric acid groups is 1. The summed E-state index contributed by atoms with van der Waals surface area (Å²) < 4.78 is 15.6. The fourth-order valence-corrected chi connectivity index (χ4v) is 2.56. The fraction of sp³-hybridized carbons (Fsp3) is 0.167. The minimum atomic E-state index is -4.93. The molecule has 0 heterocycles. The van der Waals surface area contributed by atoms with Crippen LogP contribution in [0, 0.1) is 20.2 Å². The molecule has 0 atom stereocenters. The molecule has 2 N–H and O–H groups in total. The topological polar surface area (TPSA) is 153 Å². The van der Waals surface area contributed by atoms with Crippen molar-refractivity contribution in [3.8, 4) is 0 Å². The predicted molar refractivity (Wildman–Crippen MR) is 77.0 cm³/mol. The van der Waals surface area contributed by atoms with E-state index in [1.165, 1.54) is 12.1 Å². The Morgan fingerprint density at radius 3 is 2.17 bits per heavy atom. The molecule has 11 heteroatoms. The molecule has 0 amide bonds. The molecule has 0 saturated carbocycles. The van der Waals surface area contributed by atoms with Crippen LogP contribution >= 0.6 is 7.82 Å². The molecule has 1 aliphatic carbocycles. The van der Waals surface area contributed by atoms with Crippen molar-refractivity contribution in [2.45, 2.75) is 12.1 Å². The molecule has 10 nitrogen and oxygen atoms in total. The SMILES string of the molecule is O=[N+]([O-])C1([N+](=O)[O-])C=CC(OP(=O)(O)O)=C(c2ccccc2)C1. The quantitative estimate of drug-likeness (QED) is 0.355. The number of nitro groups is 2. The van der Waals surface area contributed by atoms with Gasteiger partial charge in [-0.05, 0) is 11.6 Å². The van der Waals surface area contributed by atoms with Crippen molar-refractivity contribution in [3.63, 3.8) is 0 Å². The Labute approximate surface area is 129 Å². The van der Waals surface area contributed by atoms with Gasteiger partial charge in [0.2, 0.25) is 0 Å². The Morgan fingerprint density at radius 2 is 1.70 bits per heavy atom. The summed E-state index contributed by atoms with van der Waals surface area (Å²) in [6, 6.07) is 7.82. The van der Waals surface area contributed by atoms with Crippen LogP contribution in [0.1, 0.15) is 12.0 Å². The van der Waals surface area contributed by atoms with Crippen LogP contribution in [0.25, 0.3) is 5.57 Å². The lowest BCUT2D eigenvalue weighted by Crippen LogP contribution is -2.45. The van der Waals surface area contributed by atoms with Crippen molar-refractivity contribution in [2.24, 2.45) is 0 Å². The summed E-state index contributed by atoms with van der Waals surface area (Å²) in [5, 5.41) is 22.4. The molecule has 0 aliphatic heterocycles. The van der Waals surface area contributed by atoms with Crippen LogP contribution in [0.4, 0.5) is 0 Å². The highest BCUT2D eigenvalue weighted by Crippen LogP contribution is 2.45. The first-order valence-corrected chi connectivity index (χ1v) is 7.71. The fourth-order valence-electron chi connectivity index (χ4n) is 2.13. The largest absolute Gasteiger partial charge is 0.524 e. The van der Waals surface area contributed by atoms with E-state index in [1.807, 2.05) is 0 Å². The molecule has 1 aromatic rings. The zero-order chi connectivity index (χ0) is 17.3. The van der Waals surface area contributed by atoms with Crippen LogP contribution < -0.4 is 0 Å². The van der Waals surface area contributed by atoms with Gasteiger partial charge in [-0.3, -0.25) is 30.0 Å². The number of nitrogens with zero attached hydrogens (tertiary/aromatic N) is 2. The average molecular weight is 342 g/mol. The van der Waals surface area contributed by atoms with E-state index in [4.69, 9.17) is 9.79 Å². The van der Waals surface area contributed by atoms with E-state index in [9.17, 15) is 24.8 Å². The van der Waals surface area contributed by atoms with Gasteiger partial charge in [0.15, 0.2) is 0 Å². The Bertz CT molecular complexity index is 738. The van der Waals surface area contributed by atoms with E-state index in [0.717, 1.165) is 6.08 Å². The normalized spacial score (nSPS) is 17.0. The van der Waals surface area contributed by atoms with Gasteiger partial charge in [-0.2, -0.15) is 0 Å². The lowest BCUT2D eigenvalue weighted by atomic mass is 9.89. The molecule has 1 aromatic carbocycles. The van der Waals surface area contributed by atoms with Crippen LogP contribution in [0.2, 0.25) is 0 Å². The third-order valence-electron chi connectivity index (χ3n) is 3.21. The van der Waals surface area contributed by atoms with Gasteiger partial charge < -0.3 is 4.52 Å². The first-order chi connectivity index (χ1) is 10.7. The van der Waals surface area contributed by atoms with Crippen LogP contribution in [-0.2, 0) is 9.09 Å². The summed E-state index contributed by atoms with van der Waals surface area (Å²) in [4.78, 5) is 38.1. The van der Waals surface area contributed by atoms with Crippen LogP contribution in [0.15, 0.2) is 48.2 Å². The summed E-state index contributed by atoms with van der Waals surface area (Å²) in [5.41, 5.74) is -2.33. The van der Waals surface area contributed by atoms with Gasteiger partial charge in [0, 0.05) is 5.57 Å². The molecular formula is C12H11N2O8P. The zero-order valence-electron chi connectivity index (χ0n) is 11.4. The van der Waals surface area contributed by atoms with Gasteiger partial charge in [-0.15, -0.1) is 0 Å². The van der Waals surface area contributed by atoms with E-state index in [2.05, 4.69) is 4.52 Å². The molecule has 0 spiro atoms. The maximum atomic E-state index is 11.2. The Hall–Kier alpha value is -2.55. The highest BCUT2D eigenvalue weighted by molar-refractivity contribution is 7.46. The standard InChI is InChI=1S/C12H11N2O8P/c15-13(16)12(14(17)18)7-6-11(22-23(19,20)21)10(8-12)9-4-2-1-3-5-9/h1-7H,8H2,(H2,19,20,21). The molecule has 122 valence electrons.